The number of fused-ring (bicyclic) bond motifs is 1. The lowest BCUT2D eigenvalue weighted by atomic mass is 9.83. The van der Waals surface area contributed by atoms with Crippen LogP contribution in [0.4, 0.5) is 0 Å². The first kappa shape index (κ1) is 15.8. The van der Waals surface area contributed by atoms with E-state index in [2.05, 4.69) is 65.5 Å². The summed E-state index contributed by atoms with van der Waals surface area (Å²) in [5.74, 6) is 0.648. The fourth-order valence-electron chi connectivity index (χ4n) is 2.77. The Morgan fingerprint density at radius 1 is 1.24 bits per heavy atom. The van der Waals surface area contributed by atoms with E-state index in [0.717, 1.165) is 23.2 Å². The molecule has 0 saturated heterocycles. The van der Waals surface area contributed by atoms with E-state index in [1.54, 1.807) is 0 Å². The number of pyridine rings is 1. The summed E-state index contributed by atoms with van der Waals surface area (Å²) in [4.78, 5) is 4.91. The van der Waals surface area contributed by atoms with Gasteiger partial charge in [-0.15, -0.1) is 0 Å². The zero-order valence-corrected chi connectivity index (χ0v) is 14.2. The second-order valence-corrected chi connectivity index (χ2v) is 7.50. The molecule has 1 heteroatoms. The standard InChI is InChI=1S/C20H27N/c1-13(2)11-15-9-8-10-18-16(15)12-17(20(5,6)7)19(21-18)14(3)4/h8-10,12-13H,3,11H2,1-2,4-7H3. The fourth-order valence-corrected chi connectivity index (χ4v) is 2.77. The van der Waals surface area contributed by atoms with Crippen LogP contribution in [0.5, 0.6) is 0 Å². The van der Waals surface area contributed by atoms with Crippen molar-refractivity contribution >= 4 is 16.5 Å². The van der Waals surface area contributed by atoms with Gasteiger partial charge in [0.25, 0.3) is 0 Å². The first-order valence-corrected chi connectivity index (χ1v) is 7.79. The van der Waals surface area contributed by atoms with Gasteiger partial charge in [-0.05, 0) is 53.5 Å². The SMILES string of the molecule is C=C(C)c1nc2cccc(CC(C)C)c2cc1C(C)(C)C. The molecular formula is C20H27N. The third-order valence-corrected chi connectivity index (χ3v) is 3.79. The highest BCUT2D eigenvalue weighted by atomic mass is 14.7. The molecule has 0 atom stereocenters. The molecule has 0 aliphatic heterocycles. The van der Waals surface area contributed by atoms with Crippen molar-refractivity contribution < 1.29 is 0 Å². The van der Waals surface area contributed by atoms with Gasteiger partial charge in [0, 0.05) is 5.39 Å². The van der Waals surface area contributed by atoms with Crippen molar-refractivity contribution in [1.82, 2.24) is 4.98 Å². The average molecular weight is 281 g/mol. The number of rotatable bonds is 3. The maximum atomic E-state index is 4.91. The van der Waals surface area contributed by atoms with Gasteiger partial charge >= 0.3 is 0 Å². The zero-order chi connectivity index (χ0) is 15.8. The smallest absolute Gasteiger partial charge is 0.0712 e. The van der Waals surface area contributed by atoms with Crippen LogP contribution in [0.3, 0.4) is 0 Å². The molecule has 0 fully saturated rings. The summed E-state index contributed by atoms with van der Waals surface area (Å²) in [7, 11) is 0. The van der Waals surface area contributed by atoms with E-state index < -0.39 is 0 Å². The highest BCUT2D eigenvalue weighted by Crippen LogP contribution is 2.32. The minimum absolute atomic E-state index is 0.0699. The first-order chi connectivity index (χ1) is 9.70. The maximum Gasteiger partial charge on any atom is 0.0712 e. The molecule has 0 unspecified atom stereocenters. The van der Waals surface area contributed by atoms with Crippen molar-refractivity contribution in [3.05, 3.63) is 47.7 Å². The van der Waals surface area contributed by atoms with Crippen molar-refractivity contribution in [2.75, 3.05) is 0 Å². The van der Waals surface area contributed by atoms with Gasteiger partial charge in [-0.25, -0.2) is 4.98 Å². The molecule has 1 aromatic carbocycles. The van der Waals surface area contributed by atoms with Crippen LogP contribution in [0.25, 0.3) is 16.5 Å². The summed E-state index contributed by atoms with van der Waals surface area (Å²) in [6.45, 7) is 17.4. The third kappa shape index (κ3) is 3.34. The molecule has 2 aromatic rings. The Hall–Kier alpha value is -1.63. The van der Waals surface area contributed by atoms with E-state index in [9.17, 15) is 0 Å². The van der Waals surface area contributed by atoms with Crippen molar-refractivity contribution in [2.24, 2.45) is 5.92 Å². The number of nitrogens with zero attached hydrogens (tertiary/aromatic N) is 1. The number of hydrogen-bond donors (Lipinski definition) is 0. The molecule has 0 aliphatic rings. The number of benzene rings is 1. The van der Waals surface area contributed by atoms with Crippen LogP contribution in [0.2, 0.25) is 0 Å². The summed E-state index contributed by atoms with van der Waals surface area (Å²) in [6.07, 6.45) is 1.09. The molecule has 1 nitrogen and oxygen atoms in total. The largest absolute Gasteiger partial charge is 0.248 e. The minimum atomic E-state index is 0.0699. The fraction of sp³-hybridized carbons (Fsp3) is 0.450. The van der Waals surface area contributed by atoms with E-state index in [4.69, 9.17) is 4.98 Å². The lowest BCUT2D eigenvalue weighted by molar-refractivity contribution is 0.586. The molecule has 0 N–H and O–H groups in total. The molecule has 112 valence electrons. The van der Waals surface area contributed by atoms with Gasteiger partial charge in [0.15, 0.2) is 0 Å². The summed E-state index contributed by atoms with van der Waals surface area (Å²) in [5.41, 5.74) is 5.93. The summed E-state index contributed by atoms with van der Waals surface area (Å²) < 4.78 is 0. The van der Waals surface area contributed by atoms with Crippen LogP contribution >= 0.6 is 0 Å². The zero-order valence-electron chi connectivity index (χ0n) is 14.2. The van der Waals surface area contributed by atoms with Crippen molar-refractivity contribution in [3.8, 4) is 0 Å². The van der Waals surface area contributed by atoms with Gasteiger partial charge in [0.2, 0.25) is 0 Å². The Labute approximate surface area is 129 Å². The summed E-state index contributed by atoms with van der Waals surface area (Å²) in [6, 6.07) is 8.80. The number of aromatic nitrogens is 1. The molecule has 2 rings (SSSR count). The number of allylic oxidation sites excluding steroid dienone is 1. The van der Waals surface area contributed by atoms with E-state index in [1.165, 1.54) is 16.5 Å². The predicted molar refractivity (Wildman–Crippen MR) is 93.7 cm³/mol. The van der Waals surface area contributed by atoms with Crippen LogP contribution < -0.4 is 0 Å². The normalized spacial score (nSPS) is 12.1. The maximum absolute atomic E-state index is 4.91. The molecular weight excluding hydrogens is 254 g/mol. The van der Waals surface area contributed by atoms with Gasteiger partial charge in [0.1, 0.15) is 0 Å². The average Bonchev–Trinajstić information content (AvgIpc) is 2.35. The highest BCUT2D eigenvalue weighted by Gasteiger charge is 2.21. The van der Waals surface area contributed by atoms with Crippen molar-refractivity contribution in [3.63, 3.8) is 0 Å². The summed E-state index contributed by atoms with van der Waals surface area (Å²) in [5, 5.41) is 1.29. The Morgan fingerprint density at radius 2 is 1.90 bits per heavy atom. The van der Waals surface area contributed by atoms with Crippen LogP contribution in [0.1, 0.15) is 58.4 Å². The Balaban J connectivity index is 2.76. The summed E-state index contributed by atoms with van der Waals surface area (Å²) >= 11 is 0. The Bertz CT molecular complexity index is 672. The van der Waals surface area contributed by atoms with Gasteiger partial charge in [-0.3, -0.25) is 0 Å². The second-order valence-electron chi connectivity index (χ2n) is 7.50. The molecule has 0 spiro atoms. The van der Waals surface area contributed by atoms with Crippen molar-refractivity contribution in [2.45, 2.75) is 53.4 Å². The molecule has 1 aromatic heterocycles. The first-order valence-electron chi connectivity index (χ1n) is 7.79. The highest BCUT2D eigenvalue weighted by molar-refractivity contribution is 5.85. The van der Waals surface area contributed by atoms with E-state index >= 15 is 0 Å². The molecule has 0 saturated carbocycles. The monoisotopic (exact) mass is 281 g/mol. The van der Waals surface area contributed by atoms with Crippen LogP contribution in [-0.2, 0) is 11.8 Å². The van der Waals surface area contributed by atoms with E-state index in [-0.39, 0.29) is 5.41 Å². The van der Waals surface area contributed by atoms with Gasteiger partial charge in [-0.1, -0.05) is 53.3 Å². The molecule has 0 bridgehead atoms. The molecule has 0 amide bonds. The van der Waals surface area contributed by atoms with Crippen LogP contribution in [0.15, 0.2) is 30.8 Å². The molecule has 21 heavy (non-hydrogen) atoms. The second kappa shape index (κ2) is 5.63. The van der Waals surface area contributed by atoms with Crippen molar-refractivity contribution in [1.29, 1.82) is 0 Å². The molecule has 1 heterocycles. The van der Waals surface area contributed by atoms with Gasteiger partial charge < -0.3 is 0 Å². The lowest BCUT2D eigenvalue weighted by Crippen LogP contribution is -2.15. The van der Waals surface area contributed by atoms with E-state index in [1.807, 2.05) is 6.92 Å². The quantitative estimate of drug-likeness (QED) is 0.696. The molecule has 0 aliphatic carbocycles. The topological polar surface area (TPSA) is 12.9 Å². The van der Waals surface area contributed by atoms with Gasteiger partial charge in [0.05, 0.1) is 11.2 Å². The third-order valence-electron chi connectivity index (χ3n) is 3.79. The number of hydrogen-bond acceptors (Lipinski definition) is 1. The van der Waals surface area contributed by atoms with E-state index in [0.29, 0.717) is 5.92 Å². The Morgan fingerprint density at radius 3 is 2.43 bits per heavy atom. The predicted octanol–water partition coefficient (Wildman–Crippen LogP) is 5.76. The van der Waals surface area contributed by atoms with Gasteiger partial charge in [-0.2, -0.15) is 0 Å². The minimum Gasteiger partial charge on any atom is -0.248 e. The van der Waals surface area contributed by atoms with Crippen LogP contribution in [-0.4, -0.2) is 4.98 Å². The lowest BCUT2D eigenvalue weighted by Gasteiger charge is -2.24. The Kier molecular flexibility index (Phi) is 4.22. The molecule has 0 radical (unpaired) electrons. The van der Waals surface area contributed by atoms with Crippen LogP contribution in [0, 0.1) is 5.92 Å².